The lowest BCUT2D eigenvalue weighted by molar-refractivity contribution is 0.0664. The van der Waals surface area contributed by atoms with Crippen molar-refractivity contribution in [3.8, 4) is 0 Å². The van der Waals surface area contributed by atoms with E-state index in [1.165, 1.54) is 12.1 Å². The molecule has 33 heavy (non-hydrogen) atoms. The van der Waals surface area contributed by atoms with Gasteiger partial charge in [0.05, 0.1) is 23.0 Å². The molecule has 0 bridgehead atoms. The Morgan fingerprint density at radius 2 is 1.91 bits per heavy atom. The van der Waals surface area contributed by atoms with Crippen LogP contribution in [0.2, 0.25) is 0 Å². The number of benzene rings is 2. The molecule has 2 aromatic rings. The lowest BCUT2D eigenvalue weighted by Crippen LogP contribution is -2.25. The summed E-state index contributed by atoms with van der Waals surface area (Å²) in [5.41, 5.74) is 1.90. The average Bonchev–Trinajstić information content (AvgIpc) is 2.77. The van der Waals surface area contributed by atoms with Crippen LogP contribution in [-0.4, -0.2) is 45.7 Å². The van der Waals surface area contributed by atoms with E-state index in [1.807, 2.05) is 0 Å². The Hall–Kier alpha value is -2.62. The van der Waals surface area contributed by atoms with Crippen molar-refractivity contribution in [2.24, 2.45) is 0 Å². The van der Waals surface area contributed by atoms with Gasteiger partial charge in [0.2, 0.25) is 0 Å². The normalized spacial score (nSPS) is 15.8. The Labute approximate surface area is 195 Å². The van der Waals surface area contributed by atoms with Crippen molar-refractivity contribution in [3.05, 3.63) is 53.1 Å². The fraction of sp³-hybridized carbons (Fsp3) is 0.458. The van der Waals surface area contributed by atoms with Crippen molar-refractivity contribution in [1.82, 2.24) is 5.32 Å². The summed E-state index contributed by atoms with van der Waals surface area (Å²) >= 11 is 0. The van der Waals surface area contributed by atoms with Crippen LogP contribution in [0.15, 0.2) is 41.3 Å². The summed E-state index contributed by atoms with van der Waals surface area (Å²) < 4.78 is 34.7. The van der Waals surface area contributed by atoms with Gasteiger partial charge >= 0.3 is 5.97 Å². The average molecular weight is 476 g/mol. The molecule has 0 aromatic heterocycles. The number of anilines is 2. The van der Waals surface area contributed by atoms with Gasteiger partial charge in [-0.1, -0.05) is 32.0 Å². The molecular weight excluding hydrogens is 442 g/mol. The molecule has 4 N–H and O–H groups in total. The largest absolute Gasteiger partial charge is 0.478 e. The number of sulfonamides is 1. The number of methoxy groups -OCH3 is 1. The first-order valence-corrected chi connectivity index (χ1v) is 12.7. The van der Waals surface area contributed by atoms with Gasteiger partial charge in [-0.2, -0.15) is 0 Å². The first-order chi connectivity index (χ1) is 15.7. The molecular formula is C24H33N3O5S. The second-order valence-electron chi connectivity index (χ2n) is 8.47. The maximum absolute atomic E-state index is 13.3. The molecule has 1 unspecified atom stereocenters. The van der Waals surface area contributed by atoms with E-state index in [4.69, 9.17) is 4.74 Å². The number of aromatic carboxylic acids is 1. The van der Waals surface area contributed by atoms with Gasteiger partial charge in [0.1, 0.15) is 4.90 Å². The topological polar surface area (TPSA) is 117 Å². The zero-order valence-electron chi connectivity index (χ0n) is 19.3. The molecule has 0 saturated heterocycles. The van der Waals surface area contributed by atoms with E-state index >= 15 is 0 Å². The first kappa shape index (κ1) is 25.0. The Morgan fingerprint density at radius 3 is 2.61 bits per heavy atom. The third-order valence-electron chi connectivity index (χ3n) is 5.71. The van der Waals surface area contributed by atoms with Crippen LogP contribution in [-0.2, 0) is 21.2 Å². The predicted molar refractivity (Wildman–Crippen MR) is 130 cm³/mol. The number of fused-ring (bicyclic) bond motifs is 1. The second kappa shape index (κ2) is 11.0. The second-order valence-corrected chi connectivity index (χ2v) is 10.1. The molecule has 0 amide bonds. The van der Waals surface area contributed by atoms with Crippen LogP contribution in [0.5, 0.6) is 0 Å². The maximum atomic E-state index is 13.3. The molecule has 1 aliphatic rings. The minimum absolute atomic E-state index is 0.0427. The molecule has 0 spiro atoms. The number of carboxylic acids is 1. The number of para-hydroxylation sites is 1. The minimum Gasteiger partial charge on any atom is -0.478 e. The van der Waals surface area contributed by atoms with E-state index in [2.05, 4.69) is 29.2 Å². The Bertz CT molecular complexity index is 1090. The Morgan fingerprint density at radius 1 is 1.15 bits per heavy atom. The third kappa shape index (κ3) is 6.04. The van der Waals surface area contributed by atoms with Crippen LogP contribution in [0.3, 0.4) is 0 Å². The monoisotopic (exact) mass is 475 g/mol. The van der Waals surface area contributed by atoms with Crippen LogP contribution in [0, 0.1) is 0 Å². The lowest BCUT2D eigenvalue weighted by atomic mass is 9.85. The zero-order chi connectivity index (χ0) is 24.0. The highest BCUT2D eigenvalue weighted by Gasteiger charge is 2.30. The molecule has 1 aliphatic carbocycles. The number of nitrogens with one attached hydrogen (secondary N) is 3. The van der Waals surface area contributed by atoms with Crippen molar-refractivity contribution >= 4 is 27.4 Å². The molecule has 0 fully saturated rings. The summed E-state index contributed by atoms with van der Waals surface area (Å²) in [6.07, 6.45) is 2.77. The van der Waals surface area contributed by atoms with Crippen molar-refractivity contribution in [3.63, 3.8) is 0 Å². The van der Waals surface area contributed by atoms with E-state index in [9.17, 15) is 18.3 Å². The van der Waals surface area contributed by atoms with Crippen LogP contribution in [0.4, 0.5) is 11.4 Å². The molecule has 9 heteroatoms. The Kier molecular flexibility index (Phi) is 8.34. The SMILES string of the molecule is COC1CCCc2ccc(NS(=O)(=O)c3ccccc3NCCCNC(C)C)c(C(=O)O)c21. The summed E-state index contributed by atoms with van der Waals surface area (Å²) in [6, 6.07) is 10.3. The van der Waals surface area contributed by atoms with E-state index in [0.29, 0.717) is 30.3 Å². The molecule has 0 radical (unpaired) electrons. The number of hydrogen-bond acceptors (Lipinski definition) is 6. The molecule has 8 nitrogen and oxygen atoms in total. The van der Waals surface area contributed by atoms with Crippen molar-refractivity contribution in [1.29, 1.82) is 0 Å². The van der Waals surface area contributed by atoms with Crippen molar-refractivity contribution in [2.45, 2.75) is 56.6 Å². The number of ether oxygens (including phenoxy) is 1. The molecule has 0 aliphatic heterocycles. The van der Waals surface area contributed by atoms with Crippen molar-refractivity contribution in [2.75, 3.05) is 30.2 Å². The summed E-state index contributed by atoms with van der Waals surface area (Å²) in [4.78, 5) is 12.3. The van der Waals surface area contributed by atoms with Gasteiger partial charge in [-0.15, -0.1) is 0 Å². The summed E-state index contributed by atoms with van der Waals surface area (Å²) in [6.45, 7) is 5.56. The highest BCUT2D eigenvalue weighted by Crippen LogP contribution is 2.38. The van der Waals surface area contributed by atoms with Gasteiger partial charge in [0.15, 0.2) is 0 Å². The van der Waals surface area contributed by atoms with E-state index in [1.54, 1.807) is 31.4 Å². The fourth-order valence-corrected chi connectivity index (χ4v) is 5.43. The van der Waals surface area contributed by atoms with Crippen LogP contribution in [0.1, 0.15) is 60.7 Å². The number of hydrogen-bond donors (Lipinski definition) is 4. The molecule has 3 rings (SSSR count). The highest BCUT2D eigenvalue weighted by atomic mass is 32.2. The quantitative estimate of drug-likeness (QED) is 0.363. The standard InChI is InChI=1S/C24H33N3O5S/c1-16(2)25-14-7-15-26-18-9-4-5-11-21(18)33(30,31)27-19-13-12-17-8-6-10-20(32-3)22(17)23(19)24(28)29/h4-5,9,11-13,16,20,25-27H,6-8,10,14-15H2,1-3H3,(H,28,29). The number of carbonyl (C=O) groups is 1. The number of carboxylic acid groups (broad SMARTS) is 1. The van der Waals surface area contributed by atoms with E-state index < -0.39 is 16.0 Å². The minimum atomic E-state index is -4.04. The molecule has 0 saturated carbocycles. The van der Waals surface area contributed by atoms with Gasteiger partial charge in [-0.05, 0) is 56.0 Å². The molecule has 1 atom stereocenters. The van der Waals surface area contributed by atoms with Gasteiger partial charge < -0.3 is 20.5 Å². The summed E-state index contributed by atoms with van der Waals surface area (Å²) in [7, 11) is -2.50. The lowest BCUT2D eigenvalue weighted by Gasteiger charge is -2.27. The maximum Gasteiger partial charge on any atom is 0.338 e. The van der Waals surface area contributed by atoms with Crippen molar-refractivity contribution < 1.29 is 23.1 Å². The van der Waals surface area contributed by atoms with Gasteiger partial charge in [-0.3, -0.25) is 4.72 Å². The summed E-state index contributed by atoms with van der Waals surface area (Å²) in [5.74, 6) is -1.18. The molecule has 0 heterocycles. The number of aryl methyl sites for hydroxylation is 1. The Balaban J connectivity index is 1.88. The van der Waals surface area contributed by atoms with Crippen LogP contribution in [0.25, 0.3) is 0 Å². The smallest absolute Gasteiger partial charge is 0.338 e. The fourth-order valence-electron chi connectivity index (χ4n) is 4.17. The number of rotatable bonds is 11. The molecule has 180 valence electrons. The van der Waals surface area contributed by atoms with Gasteiger partial charge in [-0.25, -0.2) is 13.2 Å². The van der Waals surface area contributed by atoms with Crippen LogP contribution >= 0.6 is 0 Å². The third-order valence-corrected chi connectivity index (χ3v) is 7.13. The predicted octanol–water partition coefficient (Wildman–Crippen LogP) is 4.01. The van der Waals surface area contributed by atoms with Gasteiger partial charge in [0.25, 0.3) is 10.0 Å². The molecule has 2 aromatic carbocycles. The first-order valence-electron chi connectivity index (χ1n) is 11.3. The van der Waals surface area contributed by atoms with Crippen LogP contribution < -0.4 is 15.4 Å². The summed E-state index contributed by atoms with van der Waals surface area (Å²) in [5, 5.41) is 16.5. The van der Waals surface area contributed by atoms with E-state index in [-0.39, 0.29) is 22.3 Å². The zero-order valence-corrected chi connectivity index (χ0v) is 20.2. The van der Waals surface area contributed by atoms with E-state index in [0.717, 1.165) is 31.4 Å². The van der Waals surface area contributed by atoms with Gasteiger partial charge in [0, 0.05) is 25.3 Å². The highest BCUT2D eigenvalue weighted by molar-refractivity contribution is 7.92.